The third-order valence-electron chi connectivity index (χ3n) is 13.9. The molecule has 18 heteroatoms. The quantitative estimate of drug-likeness (QED) is 0.199. The van der Waals surface area contributed by atoms with Gasteiger partial charge in [-0.1, -0.05) is 84.2 Å². The van der Waals surface area contributed by atoms with Crippen LogP contribution in [-0.2, 0) is 41.5 Å². The van der Waals surface area contributed by atoms with Crippen LogP contribution in [0.25, 0.3) is 0 Å². The fourth-order valence-corrected chi connectivity index (χ4v) is 11.3. The van der Waals surface area contributed by atoms with Crippen molar-refractivity contribution in [2.45, 2.75) is 102 Å². The second-order valence-corrected chi connectivity index (χ2v) is 19.5. The highest BCUT2D eigenvalue weighted by Gasteiger charge is 2.41. The molecule has 4 amide bonds. The Balaban J connectivity index is 0.000000220. The lowest BCUT2D eigenvalue weighted by Crippen LogP contribution is -2.59. The lowest BCUT2D eigenvalue weighted by Gasteiger charge is -2.44. The minimum Gasteiger partial charge on any atom is -0.466 e. The smallest absolute Gasteiger partial charge is 0.318 e. The van der Waals surface area contributed by atoms with Gasteiger partial charge in [-0.05, 0) is 88.4 Å². The van der Waals surface area contributed by atoms with Crippen molar-refractivity contribution in [2.24, 2.45) is 11.8 Å². The summed E-state index contributed by atoms with van der Waals surface area (Å²) in [4.78, 5) is 74.4. The van der Waals surface area contributed by atoms with Gasteiger partial charge in [0.05, 0.1) is 31.1 Å². The Morgan fingerprint density at radius 2 is 1.11 bits per heavy atom. The van der Waals surface area contributed by atoms with Crippen molar-refractivity contribution < 1.29 is 33.4 Å². The summed E-state index contributed by atoms with van der Waals surface area (Å²) in [6, 6.07) is 9.77. The standard InChI is InChI=1S/C25H34Cl2N4O4.C23H33Cl2N3O3/c1-2-35-24(33)19-5-3-4-6-21(19)29-11-13-30(14-12-29)23(32)22(31-10-9-28-25(31)34)15-17-7-8-18(26)16-20(17)27;1-3-31-23(30)18-6-4-5-7-21(18)27-10-12-28(13-11-27)22(29)20(26-2)14-16-8-9-17(24)15-19(16)25/h7-8,16,19,21-22H,2-6,9-15H2,1H3,(H,28,34);8-9,15,18,20-21,26H,3-7,10-14H2,1-2H3/t19-,21-,22-;18-,20-,21-/m11/s1. The van der Waals surface area contributed by atoms with E-state index in [4.69, 9.17) is 55.9 Å². The van der Waals surface area contributed by atoms with Crippen LogP contribution in [0.15, 0.2) is 36.4 Å². The number of nitrogens with zero attached hydrogens (tertiary/aromatic N) is 5. The fourth-order valence-electron chi connectivity index (χ4n) is 10.4. The van der Waals surface area contributed by atoms with Crippen LogP contribution in [0.1, 0.15) is 76.3 Å². The number of rotatable bonds is 14. The van der Waals surface area contributed by atoms with E-state index in [1.807, 2.05) is 35.8 Å². The van der Waals surface area contributed by atoms with E-state index >= 15 is 0 Å². The maximum absolute atomic E-state index is 13.7. The summed E-state index contributed by atoms with van der Waals surface area (Å²) < 4.78 is 10.7. The van der Waals surface area contributed by atoms with Gasteiger partial charge in [0.1, 0.15) is 6.04 Å². The molecule has 0 bridgehead atoms. The first-order valence-electron chi connectivity index (χ1n) is 23.8. The van der Waals surface area contributed by atoms with E-state index in [0.29, 0.717) is 98.5 Å². The SMILES string of the molecule is CCOC(=O)[C@@H]1CCCC[C@H]1N1CCN(C(=O)[C@@H](Cc2ccc(Cl)cc2Cl)N2CCNC2=O)CC1.CCOC(=O)[C@@H]1CCCC[C@H]1N1CCN(C(=O)[C@@H](Cc2ccc(Cl)cc2Cl)NC)CC1. The Hall–Kier alpha value is -3.37. The predicted molar refractivity (Wildman–Crippen MR) is 258 cm³/mol. The van der Waals surface area contributed by atoms with Gasteiger partial charge < -0.3 is 34.8 Å². The van der Waals surface area contributed by atoms with Gasteiger partial charge >= 0.3 is 18.0 Å². The molecule has 66 heavy (non-hydrogen) atoms. The van der Waals surface area contributed by atoms with E-state index in [1.54, 1.807) is 36.2 Å². The molecule has 2 aromatic carbocycles. The first-order chi connectivity index (χ1) is 31.8. The molecule has 3 heterocycles. The molecule has 0 spiro atoms. The highest BCUT2D eigenvalue weighted by atomic mass is 35.5. The van der Waals surface area contributed by atoms with Crippen LogP contribution >= 0.6 is 46.4 Å². The molecule has 0 aromatic heterocycles. The number of urea groups is 1. The molecule has 2 N–H and O–H groups in total. The van der Waals surface area contributed by atoms with E-state index in [1.165, 1.54) is 0 Å². The van der Waals surface area contributed by atoms with E-state index in [0.717, 1.165) is 75.6 Å². The van der Waals surface area contributed by atoms with Crippen LogP contribution in [0.4, 0.5) is 4.79 Å². The number of piperazine rings is 2. The number of carbonyl (C=O) groups excluding carboxylic acids is 5. The van der Waals surface area contributed by atoms with E-state index in [9.17, 15) is 24.0 Å². The Labute approximate surface area is 410 Å². The molecule has 6 atom stereocenters. The number of carbonyl (C=O) groups is 5. The van der Waals surface area contributed by atoms with Crippen LogP contribution in [-0.4, -0.2) is 164 Å². The lowest BCUT2D eigenvalue weighted by atomic mass is 9.83. The number of likely N-dealkylation sites (N-methyl/N-ethyl adjacent to an activating group) is 1. The Morgan fingerprint density at radius 3 is 1.53 bits per heavy atom. The van der Waals surface area contributed by atoms with Gasteiger partial charge in [0, 0.05) is 104 Å². The number of benzene rings is 2. The van der Waals surface area contributed by atoms with E-state index in [-0.39, 0.29) is 59.7 Å². The highest BCUT2D eigenvalue weighted by Crippen LogP contribution is 2.33. The second-order valence-electron chi connectivity index (χ2n) is 17.8. The fraction of sp³-hybridized carbons (Fsp3) is 0.646. The molecule has 3 saturated heterocycles. The van der Waals surface area contributed by atoms with Crippen molar-refractivity contribution in [3.05, 3.63) is 67.6 Å². The second kappa shape index (κ2) is 25.3. The topological polar surface area (TPSA) is 144 Å². The van der Waals surface area contributed by atoms with Gasteiger partial charge in [-0.25, -0.2) is 4.79 Å². The summed E-state index contributed by atoms with van der Waals surface area (Å²) in [5, 5.41) is 8.12. The van der Waals surface area contributed by atoms with Gasteiger partial charge in [0.15, 0.2) is 0 Å². The molecular formula is C48H67Cl4N7O7. The summed E-state index contributed by atoms with van der Waals surface area (Å²) in [5.74, 6) is -0.305. The summed E-state index contributed by atoms with van der Waals surface area (Å²) in [6.07, 6.45) is 8.96. The minimum absolute atomic E-state index is 0.0481. The average molecular weight is 996 g/mol. The van der Waals surface area contributed by atoms with Crippen molar-refractivity contribution in [3.63, 3.8) is 0 Å². The Bertz CT molecular complexity index is 1980. The first-order valence-corrected chi connectivity index (χ1v) is 25.3. The molecular weight excluding hydrogens is 928 g/mol. The van der Waals surface area contributed by atoms with Crippen molar-refractivity contribution in [3.8, 4) is 0 Å². The van der Waals surface area contributed by atoms with Gasteiger partial charge in [-0.2, -0.15) is 0 Å². The number of nitrogens with one attached hydrogen (secondary N) is 2. The third-order valence-corrected chi connectivity index (χ3v) is 15.1. The molecule has 3 aliphatic heterocycles. The molecule has 364 valence electrons. The molecule has 2 saturated carbocycles. The zero-order valence-corrected chi connectivity index (χ0v) is 41.6. The Morgan fingerprint density at radius 1 is 0.652 bits per heavy atom. The molecule has 14 nitrogen and oxygen atoms in total. The highest BCUT2D eigenvalue weighted by molar-refractivity contribution is 6.35. The number of ether oxygens (including phenoxy) is 2. The third kappa shape index (κ3) is 13.4. The zero-order chi connectivity index (χ0) is 47.3. The maximum atomic E-state index is 13.7. The summed E-state index contributed by atoms with van der Waals surface area (Å²) in [7, 11) is 1.80. The molecule has 2 aliphatic carbocycles. The van der Waals surface area contributed by atoms with Crippen LogP contribution < -0.4 is 10.6 Å². The number of hydrogen-bond acceptors (Lipinski definition) is 10. The zero-order valence-electron chi connectivity index (χ0n) is 38.6. The maximum Gasteiger partial charge on any atom is 0.318 e. The molecule has 5 fully saturated rings. The van der Waals surface area contributed by atoms with Crippen LogP contribution in [0.3, 0.4) is 0 Å². The minimum atomic E-state index is -0.635. The first kappa shape index (κ1) is 52.0. The van der Waals surface area contributed by atoms with Crippen LogP contribution in [0.2, 0.25) is 20.1 Å². The monoisotopic (exact) mass is 993 g/mol. The van der Waals surface area contributed by atoms with Crippen molar-refractivity contribution in [1.82, 2.24) is 35.1 Å². The molecule has 0 unspecified atom stereocenters. The van der Waals surface area contributed by atoms with Gasteiger partial charge in [-0.15, -0.1) is 0 Å². The average Bonchev–Trinajstić information content (AvgIpc) is 3.76. The summed E-state index contributed by atoms with van der Waals surface area (Å²) >= 11 is 24.7. The number of esters is 2. The van der Waals surface area contributed by atoms with Gasteiger partial charge in [0.2, 0.25) is 11.8 Å². The van der Waals surface area contributed by atoms with Gasteiger partial charge in [-0.3, -0.25) is 29.0 Å². The van der Waals surface area contributed by atoms with Crippen molar-refractivity contribution in [2.75, 3.05) is 85.7 Å². The number of hydrogen-bond donors (Lipinski definition) is 2. The lowest BCUT2D eigenvalue weighted by molar-refractivity contribution is -0.153. The van der Waals surface area contributed by atoms with Gasteiger partial charge in [0.25, 0.3) is 0 Å². The summed E-state index contributed by atoms with van der Waals surface area (Å²) in [6.45, 7) is 10.9. The molecule has 7 rings (SSSR count). The molecule has 2 aromatic rings. The van der Waals surface area contributed by atoms with E-state index < -0.39 is 6.04 Å². The number of amides is 4. The normalized spacial score (nSPS) is 23.9. The number of halogens is 4. The van der Waals surface area contributed by atoms with Crippen molar-refractivity contribution in [1.29, 1.82) is 0 Å². The molecule has 0 radical (unpaired) electrons. The summed E-state index contributed by atoms with van der Waals surface area (Å²) in [5.41, 5.74) is 1.68. The largest absolute Gasteiger partial charge is 0.466 e. The van der Waals surface area contributed by atoms with Crippen LogP contribution in [0, 0.1) is 11.8 Å². The Kier molecular flexibility index (Phi) is 19.9. The van der Waals surface area contributed by atoms with E-state index in [2.05, 4.69) is 20.4 Å². The van der Waals surface area contributed by atoms with Crippen LogP contribution in [0.5, 0.6) is 0 Å². The molecule has 5 aliphatic rings. The van der Waals surface area contributed by atoms with Crippen molar-refractivity contribution >= 4 is 76.2 Å². The predicted octanol–water partition coefficient (Wildman–Crippen LogP) is 6.59.